The minimum absolute atomic E-state index is 0.0445. The monoisotopic (exact) mass is 418 g/mol. The first kappa shape index (κ1) is 19.8. The summed E-state index contributed by atoms with van der Waals surface area (Å²) in [4.78, 5) is 13.4. The zero-order valence-corrected chi connectivity index (χ0v) is 17.5. The first-order chi connectivity index (χ1) is 15.6. The molecule has 0 saturated carbocycles. The molecule has 5 rings (SSSR count). The second-order valence-corrected chi connectivity index (χ2v) is 8.15. The van der Waals surface area contributed by atoms with Gasteiger partial charge in [0.15, 0.2) is 5.78 Å². The third kappa shape index (κ3) is 3.93. The van der Waals surface area contributed by atoms with Gasteiger partial charge in [-0.3, -0.25) is 4.79 Å². The highest BCUT2D eigenvalue weighted by atomic mass is 16.3. The van der Waals surface area contributed by atoms with Crippen LogP contribution >= 0.6 is 0 Å². The van der Waals surface area contributed by atoms with Gasteiger partial charge in [-0.15, -0.1) is 0 Å². The Kier molecular flexibility index (Phi) is 5.08. The Hall–Kier alpha value is -4.11. The van der Waals surface area contributed by atoms with Crippen LogP contribution in [-0.2, 0) is 12.8 Å². The Bertz CT molecular complexity index is 1320. The zero-order chi connectivity index (χ0) is 22.1. The van der Waals surface area contributed by atoms with Crippen molar-refractivity contribution in [3.05, 3.63) is 124 Å². The molecule has 1 aliphatic rings. The molecule has 32 heavy (non-hydrogen) atoms. The average molecular weight is 418 g/mol. The van der Waals surface area contributed by atoms with Crippen LogP contribution in [-0.4, -0.2) is 16.0 Å². The highest BCUT2D eigenvalue weighted by molar-refractivity contribution is 6.19. The maximum Gasteiger partial charge on any atom is 0.190 e. The molecule has 0 saturated heterocycles. The van der Waals surface area contributed by atoms with E-state index in [4.69, 9.17) is 0 Å². The van der Waals surface area contributed by atoms with E-state index in [-0.39, 0.29) is 17.3 Å². The predicted octanol–water partition coefficient (Wildman–Crippen LogP) is 6.18. The fourth-order valence-corrected chi connectivity index (χ4v) is 4.23. The molecule has 0 unspecified atom stereocenters. The highest BCUT2D eigenvalue weighted by Crippen LogP contribution is 2.35. The van der Waals surface area contributed by atoms with Gasteiger partial charge >= 0.3 is 0 Å². The van der Waals surface area contributed by atoms with Gasteiger partial charge in [0.25, 0.3) is 0 Å². The van der Waals surface area contributed by atoms with E-state index < -0.39 is 0 Å². The molecule has 1 aliphatic carbocycles. The number of fused-ring (bicyclic) bond motifs is 1. The molecule has 0 spiro atoms. The minimum Gasteiger partial charge on any atom is -0.508 e. The van der Waals surface area contributed by atoms with E-state index >= 15 is 0 Å². The van der Waals surface area contributed by atoms with Crippen LogP contribution < -0.4 is 0 Å². The maximum absolute atomic E-state index is 13.4. The molecule has 3 heteroatoms. The highest BCUT2D eigenvalue weighted by Gasteiger charge is 2.26. The summed E-state index contributed by atoms with van der Waals surface area (Å²) in [6.07, 6.45) is 3.27. The van der Waals surface area contributed by atoms with Gasteiger partial charge in [-0.25, -0.2) is 0 Å². The fourth-order valence-electron chi connectivity index (χ4n) is 4.23. The lowest BCUT2D eigenvalue weighted by Gasteiger charge is -2.12. The van der Waals surface area contributed by atoms with E-state index in [9.17, 15) is 15.0 Å². The van der Waals surface area contributed by atoms with Crippen LogP contribution in [0.15, 0.2) is 96.6 Å². The van der Waals surface area contributed by atoms with Crippen LogP contribution in [0.3, 0.4) is 0 Å². The van der Waals surface area contributed by atoms with Crippen LogP contribution in [0.2, 0.25) is 0 Å². The molecule has 0 aromatic heterocycles. The first-order valence-corrected chi connectivity index (χ1v) is 10.6. The number of hydrogen-bond acceptors (Lipinski definition) is 3. The number of Topliss-reactive ketones (excluding diaryl/α,β-unsaturated/α-hetero) is 1. The second kappa shape index (κ2) is 8.20. The summed E-state index contributed by atoms with van der Waals surface area (Å²) in [5.41, 5.74) is 7.64. The number of rotatable bonds is 5. The summed E-state index contributed by atoms with van der Waals surface area (Å²) in [5.74, 6) is 0.476. The lowest BCUT2D eigenvalue weighted by molar-refractivity contribution is 0.103. The zero-order valence-electron chi connectivity index (χ0n) is 17.5. The van der Waals surface area contributed by atoms with Crippen molar-refractivity contribution in [1.82, 2.24) is 0 Å². The van der Waals surface area contributed by atoms with Crippen molar-refractivity contribution in [1.29, 1.82) is 0 Å². The van der Waals surface area contributed by atoms with E-state index in [0.29, 0.717) is 6.42 Å². The van der Waals surface area contributed by atoms with Gasteiger partial charge in [0.05, 0.1) is 0 Å². The topological polar surface area (TPSA) is 57.5 Å². The molecule has 4 aromatic carbocycles. The number of benzene rings is 4. The van der Waals surface area contributed by atoms with Crippen molar-refractivity contribution in [3.8, 4) is 22.6 Å². The molecule has 0 atom stereocenters. The van der Waals surface area contributed by atoms with Crippen molar-refractivity contribution in [2.45, 2.75) is 12.8 Å². The summed E-state index contributed by atoms with van der Waals surface area (Å²) in [7, 11) is 0. The number of phenolic OH excluding ortho intramolecular Hbond substituents is 2. The third-order valence-corrected chi connectivity index (χ3v) is 5.89. The second-order valence-electron chi connectivity index (χ2n) is 8.15. The van der Waals surface area contributed by atoms with E-state index in [1.807, 2.05) is 54.6 Å². The number of phenols is 2. The Morgan fingerprint density at radius 2 is 1.25 bits per heavy atom. The van der Waals surface area contributed by atoms with E-state index in [2.05, 4.69) is 18.2 Å². The Labute approximate surface area is 186 Å². The largest absolute Gasteiger partial charge is 0.508 e. The predicted molar refractivity (Wildman–Crippen MR) is 127 cm³/mol. The summed E-state index contributed by atoms with van der Waals surface area (Å²) in [6.45, 7) is 0. The van der Waals surface area contributed by atoms with Crippen molar-refractivity contribution in [2.75, 3.05) is 0 Å². The maximum atomic E-state index is 13.4. The minimum atomic E-state index is 0.0445. The molecule has 0 fully saturated rings. The number of ketones is 1. The van der Waals surface area contributed by atoms with Crippen molar-refractivity contribution in [2.24, 2.45) is 0 Å². The van der Waals surface area contributed by atoms with E-state index in [0.717, 1.165) is 45.4 Å². The summed E-state index contributed by atoms with van der Waals surface area (Å²) < 4.78 is 0. The molecule has 0 bridgehead atoms. The van der Waals surface area contributed by atoms with Crippen molar-refractivity contribution in [3.63, 3.8) is 0 Å². The fraction of sp³-hybridized carbons (Fsp3) is 0.0690. The lowest BCUT2D eigenvalue weighted by atomic mass is 9.92. The number of aromatic hydroxyl groups is 2. The molecule has 0 aliphatic heterocycles. The summed E-state index contributed by atoms with van der Waals surface area (Å²) >= 11 is 0. The molecule has 156 valence electrons. The van der Waals surface area contributed by atoms with Crippen LogP contribution in [0.1, 0.15) is 32.6 Å². The smallest absolute Gasteiger partial charge is 0.190 e. The molecule has 0 amide bonds. The average Bonchev–Trinajstić information content (AvgIpc) is 3.12. The van der Waals surface area contributed by atoms with Gasteiger partial charge in [0, 0.05) is 17.6 Å². The van der Waals surface area contributed by atoms with Gasteiger partial charge in [-0.05, 0) is 76.2 Å². The van der Waals surface area contributed by atoms with Crippen LogP contribution in [0, 0.1) is 0 Å². The van der Waals surface area contributed by atoms with Crippen LogP contribution in [0.5, 0.6) is 11.5 Å². The molecule has 0 radical (unpaired) electrons. The third-order valence-electron chi connectivity index (χ3n) is 5.89. The molecule has 4 aromatic rings. The van der Waals surface area contributed by atoms with Gasteiger partial charge in [-0.2, -0.15) is 0 Å². The molecule has 0 heterocycles. The number of carbonyl (C=O) groups excluding carboxylic acids is 1. The van der Waals surface area contributed by atoms with E-state index in [1.54, 1.807) is 24.3 Å². The molecule has 3 nitrogen and oxygen atoms in total. The normalized spacial score (nSPS) is 12.5. The molecular weight excluding hydrogens is 396 g/mol. The standard InChI is InChI=1S/C29H22O3/c30-25-10-6-20(7-11-25)15-24-18-27-23(14-19-4-2-1-3-5-19)16-22(17-28(27)29(24)32)21-8-12-26(31)13-9-21/h1-13,16-18,30-31H,14-15H2. The SMILES string of the molecule is O=C1C(Cc2ccc(O)cc2)=Cc2c(Cc3ccccc3)cc(-c3ccc(O)cc3)cc21. The van der Waals surface area contributed by atoms with Crippen molar-refractivity contribution < 1.29 is 15.0 Å². The van der Waals surface area contributed by atoms with E-state index in [1.165, 1.54) is 5.56 Å². The van der Waals surface area contributed by atoms with Gasteiger partial charge in [0.2, 0.25) is 0 Å². The Morgan fingerprint density at radius 1 is 0.625 bits per heavy atom. The van der Waals surface area contributed by atoms with Crippen LogP contribution in [0.25, 0.3) is 17.2 Å². The number of hydrogen-bond donors (Lipinski definition) is 2. The molecule has 2 N–H and O–H groups in total. The van der Waals surface area contributed by atoms with Gasteiger partial charge in [-0.1, -0.05) is 60.7 Å². The summed E-state index contributed by atoms with van der Waals surface area (Å²) in [6, 6.07) is 28.4. The quantitative estimate of drug-likeness (QED) is 0.407. The van der Waals surface area contributed by atoms with Crippen molar-refractivity contribution >= 4 is 11.9 Å². The lowest BCUT2D eigenvalue weighted by Crippen LogP contribution is -2.03. The van der Waals surface area contributed by atoms with Crippen LogP contribution in [0.4, 0.5) is 0 Å². The number of carbonyl (C=O) groups is 1. The van der Waals surface area contributed by atoms with Gasteiger partial charge < -0.3 is 10.2 Å². The van der Waals surface area contributed by atoms with Gasteiger partial charge in [0.1, 0.15) is 11.5 Å². The Balaban J connectivity index is 1.57. The molecular formula is C29H22O3. The summed E-state index contributed by atoms with van der Waals surface area (Å²) in [5, 5.41) is 19.2. The number of allylic oxidation sites excluding steroid dienone is 1. The first-order valence-electron chi connectivity index (χ1n) is 10.6. The Morgan fingerprint density at radius 3 is 1.94 bits per heavy atom.